The number of anilines is 1. The molecule has 1 aromatic heterocycles. The number of benzene rings is 4. The predicted octanol–water partition coefficient (Wildman–Crippen LogP) is 6.13. The maximum absolute atomic E-state index is 12.9. The molecule has 4 aromatic carbocycles. The van der Waals surface area contributed by atoms with Crippen LogP contribution in [0.15, 0.2) is 119 Å². The largest absolute Gasteiger partial charge is 0.379 e. The van der Waals surface area contributed by atoms with Crippen LogP contribution in [0.4, 0.5) is 11.4 Å². The Balaban J connectivity index is 1.26. The number of rotatable bonds is 10. The molecule has 0 bridgehead atoms. The van der Waals surface area contributed by atoms with Gasteiger partial charge in [0.05, 0.1) is 21.0 Å². The van der Waals surface area contributed by atoms with Crippen LogP contribution < -0.4 is 10.0 Å². The van der Waals surface area contributed by atoms with Crippen LogP contribution in [-0.4, -0.2) is 36.5 Å². The molecule has 0 saturated carbocycles. The fraction of sp³-hybridized carbons (Fsp3) is 0.0667. The average Bonchev–Trinajstić information content (AvgIpc) is 2.99. The first-order valence-corrected chi connectivity index (χ1v) is 15.0. The lowest BCUT2D eigenvalue weighted by atomic mass is 10.1. The molecule has 9 nitrogen and oxygen atoms in total. The zero-order chi connectivity index (χ0) is 28.8. The highest BCUT2D eigenvalue weighted by atomic mass is 32.2. The third-order valence-electron chi connectivity index (χ3n) is 6.17. The van der Waals surface area contributed by atoms with Crippen molar-refractivity contribution in [3.63, 3.8) is 0 Å². The molecule has 206 valence electrons. The smallest absolute Gasteiger partial charge is 0.293 e. The van der Waals surface area contributed by atoms with Crippen LogP contribution in [-0.2, 0) is 10.0 Å². The summed E-state index contributed by atoms with van der Waals surface area (Å²) >= 11 is 1.59. The summed E-state index contributed by atoms with van der Waals surface area (Å²) in [4.78, 5) is 29.1. The summed E-state index contributed by atoms with van der Waals surface area (Å²) in [7, 11) is -4.38. The van der Waals surface area contributed by atoms with Crippen molar-refractivity contribution in [2.75, 3.05) is 17.6 Å². The van der Waals surface area contributed by atoms with E-state index < -0.39 is 31.4 Å². The van der Waals surface area contributed by atoms with Gasteiger partial charge in [0, 0.05) is 39.8 Å². The molecule has 11 heteroatoms. The Labute approximate surface area is 240 Å². The Morgan fingerprint density at radius 2 is 1.61 bits per heavy atom. The molecule has 5 rings (SSSR count). The monoisotopic (exact) mass is 584 g/mol. The van der Waals surface area contributed by atoms with Crippen molar-refractivity contribution < 1.29 is 18.1 Å². The normalized spacial score (nSPS) is 11.2. The van der Waals surface area contributed by atoms with Crippen LogP contribution in [0.2, 0.25) is 0 Å². The first kappa shape index (κ1) is 27.8. The molecule has 0 radical (unpaired) electrons. The first-order chi connectivity index (χ1) is 19.8. The van der Waals surface area contributed by atoms with Crippen LogP contribution in [0.5, 0.6) is 0 Å². The van der Waals surface area contributed by atoms with E-state index in [9.17, 15) is 23.3 Å². The van der Waals surface area contributed by atoms with Gasteiger partial charge in [-0.15, -0.1) is 11.8 Å². The highest BCUT2D eigenvalue weighted by Gasteiger charge is 2.24. The van der Waals surface area contributed by atoms with Crippen LogP contribution in [0.3, 0.4) is 0 Å². The molecule has 1 heterocycles. The Hall–Kier alpha value is -4.74. The van der Waals surface area contributed by atoms with Gasteiger partial charge in [0.25, 0.3) is 21.6 Å². The fourth-order valence-electron chi connectivity index (χ4n) is 4.11. The second-order valence-corrected chi connectivity index (χ2v) is 11.8. The Morgan fingerprint density at radius 3 is 2.37 bits per heavy atom. The number of carbonyl (C=O) groups excluding carboxylic acids is 1. The van der Waals surface area contributed by atoms with E-state index >= 15 is 0 Å². The number of pyridine rings is 1. The van der Waals surface area contributed by atoms with E-state index in [-0.39, 0.29) is 11.3 Å². The van der Waals surface area contributed by atoms with E-state index in [0.29, 0.717) is 18.0 Å². The highest BCUT2D eigenvalue weighted by molar-refractivity contribution is 7.99. The summed E-state index contributed by atoms with van der Waals surface area (Å²) in [6.07, 6.45) is 0. The van der Waals surface area contributed by atoms with Crippen molar-refractivity contribution in [2.45, 2.75) is 9.79 Å². The summed E-state index contributed by atoms with van der Waals surface area (Å²) in [6.45, 7) is 0.425. The molecule has 0 unspecified atom stereocenters. The molecule has 0 atom stereocenters. The molecule has 5 aromatic rings. The lowest BCUT2D eigenvalue weighted by molar-refractivity contribution is -0.384. The SMILES string of the molecule is O=C(NS(=O)(=O)c1ccc(NCCSc2ccccc2)c([N+](=O)[O-])c1)c1ccc(-c2ccc3ccccc3n2)cc1. The van der Waals surface area contributed by atoms with Gasteiger partial charge in [0.2, 0.25) is 0 Å². The second-order valence-electron chi connectivity index (χ2n) is 8.93. The standard InChI is InChI=1S/C30H24N4O5S2/c35-30(23-12-10-22(11-13-23)27-16-14-21-6-4-5-9-26(21)32-27)33-41(38,39)25-15-17-28(29(20-25)34(36)37)31-18-19-40-24-7-2-1-3-8-24/h1-17,20,31H,18-19H2,(H,33,35). The van der Waals surface area contributed by atoms with E-state index in [1.54, 1.807) is 23.9 Å². The van der Waals surface area contributed by atoms with Crippen molar-refractivity contribution >= 4 is 50.0 Å². The van der Waals surface area contributed by atoms with Gasteiger partial charge in [-0.3, -0.25) is 14.9 Å². The third-order valence-corrected chi connectivity index (χ3v) is 8.52. The molecular weight excluding hydrogens is 560 g/mol. The lowest BCUT2D eigenvalue weighted by Crippen LogP contribution is -2.30. The molecule has 0 aliphatic rings. The number of sulfonamides is 1. The number of nitrogens with zero attached hydrogens (tertiary/aromatic N) is 2. The van der Waals surface area contributed by atoms with Crippen molar-refractivity contribution in [3.8, 4) is 11.3 Å². The van der Waals surface area contributed by atoms with Crippen molar-refractivity contribution in [1.29, 1.82) is 0 Å². The van der Waals surface area contributed by atoms with Crippen molar-refractivity contribution in [2.24, 2.45) is 0 Å². The van der Waals surface area contributed by atoms with Gasteiger partial charge < -0.3 is 5.32 Å². The molecule has 2 N–H and O–H groups in total. The molecule has 0 fully saturated rings. The number of hydrogen-bond acceptors (Lipinski definition) is 8. The maximum atomic E-state index is 12.9. The van der Waals surface area contributed by atoms with Gasteiger partial charge in [-0.25, -0.2) is 18.1 Å². The number of para-hydroxylation sites is 1. The van der Waals surface area contributed by atoms with E-state index in [4.69, 9.17) is 0 Å². The average molecular weight is 585 g/mol. The minimum absolute atomic E-state index is 0.113. The summed E-state index contributed by atoms with van der Waals surface area (Å²) in [6, 6.07) is 31.1. The Morgan fingerprint density at radius 1 is 0.878 bits per heavy atom. The van der Waals surface area contributed by atoms with Crippen LogP contribution in [0.1, 0.15) is 10.4 Å². The second kappa shape index (κ2) is 12.2. The van der Waals surface area contributed by atoms with Crippen LogP contribution in [0.25, 0.3) is 22.2 Å². The van der Waals surface area contributed by atoms with Crippen molar-refractivity contribution in [3.05, 3.63) is 125 Å². The summed E-state index contributed by atoms with van der Waals surface area (Å²) < 4.78 is 27.9. The Bertz CT molecular complexity index is 1830. The number of nitrogens with one attached hydrogen (secondary N) is 2. The van der Waals surface area contributed by atoms with Gasteiger partial charge in [0.1, 0.15) is 5.69 Å². The first-order valence-electron chi connectivity index (χ1n) is 12.5. The summed E-state index contributed by atoms with van der Waals surface area (Å²) in [5.74, 6) is -0.210. The van der Waals surface area contributed by atoms with Gasteiger partial charge in [0.15, 0.2) is 0 Å². The number of thioether (sulfide) groups is 1. The number of nitro benzene ring substituents is 1. The molecule has 41 heavy (non-hydrogen) atoms. The van der Waals surface area contributed by atoms with E-state index in [1.165, 1.54) is 24.3 Å². The number of nitro groups is 1. The van der Waals surface area contributed by atoms with Gasteiger partial charge in [-0.1, -0.05) is 54.6 Å². The van der Waals surface area contributed by atoms with Crippen LogP contribution in [0, 0.1) is 10.1 Å². The number of amides is 1. The molecule has 1 amide bonds. The minimum Gasteiger partial charge on any atom is -0.379 e. The van der Waals surface area contributed by atoms with Gasteiger partial charge >= 0.3 is 0 Å². The predicted molar refractivity (Wildman–Crippen MR) is 161 cm³/mol. The topological polar surface area (TPSA) is 131 Å². The minimum atomic E-state index is -4.38. The zero-order valence-corrected chi connectivity index (χ0v) is 23.2. The molecule has 0 spiro atoms. The molecular formula is C30H24N4O5S2. The number of fused-ring (bicyclic) bond motifs is 1. The van der Waals surface area contributed by atoms with E-state index in [2.05, 4.69) is 10.3 Å². The number of aromatic nitrogens is 1. The number of hydrogen-bond donors (Lipinski definition) is 2. The fourth-order valence-corrected chi connectivity index (χ4v) is 5.89. The van der Waals surface area contributed by atoms with Crippen LogP contribution >= 0.6 is 11.8 Å². The van der Waals surface area contributed by atoms with E-state index in [0.717, 1.165) is 27.4 Å². The Kier molecular flexibility index (Phi) is 8.27. The molecule has 0 aliphatic heterocycles. The van der Waals surface area contributed by atoms with Gasteiger partial charge in [-0.05, 0) is 48.5 Å². The lowest BCUT2D eigenvalue weighted by Gasteiger charge is -2.11. The number of carbonyl (C=O) groups is 1. The highest BCUT2D eigenvalue weighted by Crippen LogP contribution is 2.28. The third kappa shape index (κ3) is 6.71. The van der Waals surface area contributed by atoms with E-state index in [1.807, 2.05) is 71.5 Å². The maximum Gasteiger partial charge on any atom is 0.293 e. The van der Waals surface area contributed by atoms with Crippen molar-refractivity contribution in [1.82, 2.24) is 9.71 Å². The van der Waals surface area contributed by atoms with Gasteiger partial charge in [-0.2, -0.15) is 0 Å². The molecule has 0 aliphatic carbocycles. The summed E-state index contributed by atoms with van der Waals surface area (Å²) in [5, 5.41) is 15.7. The molecule has 0 saturated heterocycles. The zero-order valence-electron chi connectivity index (χ0n) is 21.6. The quantitative estimate of drug-likeness (QED) is 0.0867. The summed E-state index contributed by atoms with van der Waals surface area (Å²) in [5.41, 5.74) is 2.20.